The zero-order valence-electron chi connectivity index (χ0n) is 19.6. The SMILES string of the molecule is Cc1occc1-c1nnc(SCC(=O)Nc2cc(-c3ccc4c(c3)CCC4)nn2-c2ccccc2)o1. The highest BCUT2D eigenvalue weighted by Crippen LogP contribution is 2.30. The van der Waals surface area contributed by atoms with Gasteiger partial charge >= 0.3 is 0 Å². The fourth-order valence-electron chi connectivity index (χ4n) is 4.40. The third kappa shape index (κ3) is 4.45. The van der Waals surface area contributed by atoms with E-state index in [4.69, 9.17) is 13.9 Å². The van der Waals surface area contributed by atoms with Gasteiger partial charge in [-0.3, -0.25) is 4.79 Å². The lowest BCUT2D eigenvalue weighted by Crippen LogP contribution is -2.16. The summed E-state index contributed by atoms with van der Waals surface area (Å²) in [5, 5.41) is 16.2. The average Bonchev–Trinajstić information content (AvgIpc) is 3.69. The molecular weight excluding hydrogens is 474 g/mol. The van der Waals surface area contributed by atoms with Crippen LogP contribution >= 0.6 is 11.8 Å². The number of carbonyl (C=O) groups is 1. The lowest BCUT2D eigenvalue weighted by molar-refractivity contribution is -0.113. The van der Waals surface area contributed by atoms with Crippen molar-refractivity contribution >= 4 is 23.5 Å². The van der Waals surface area contributed by atoms with Gasteiger partial charge in [-0.2, -0.15) is 5.10 Å². The highest BCUT2D eigenvalue weighted by molar-refractivity contribution is 7.99. The molecule has 0 atom stereocenters. The monoisotopic (exact) mass is 497 g/mol. The Balaban J connectivity index is 1.21. The van der Waals surface area contributed by atoms with Gasteiger partial charge in [-0.25, -0.2) is 4.68 Å². The Morgan fingerprint density at radius 3 is 2.75 bits per heavy atom. The molecule has 0 radical (unpaired) electrons. The predicted octanol–water partition coefficient (Wildman–Crippen LogP) is 5.71. The second-order valence-electron chi connectivity index (χ2n) is 8.60. The number of para-hydroxylation sites is 1. The Morgan fingerprint density at radius 1 is 1.06 bits per heavy atom. The van der Waals surface area contributed by atoms with E-state index >= 15 is 0 Å². The Kier molecular flexibility index (Phi) is 5.90. The van der Waals surface area contributed by atoms with Gasteiger partial charge < -0.3 is 14.2 Å². The largest absolute Gasteiger partial charge is 0.469 e. The lowest BCUT2D eigenvalue weighted by Gasteiger charge is -2.08. The molecule has 0 spiro atoms. The first kappa shape index (κ1) is 22.4. The van der Waals surface area contributed by atoms with Gasteiger partial charge in [-0.15, -0.1) is 10.2 Å². The molecule has 8 nitrogen and oxygen atoms in total. The molecule has 1 aliphatic carbocycles. The quantitative estimate of drug-likeness (QED) is 0.288. The first-order chi connectivity index (χ1) is 17.6. The molecule has 0 saturated heterocycles. The van der Waals surface area contributed by atoms with Crippen molar-refractivity contribution in [3.8, 4) is 28.4 Å². The lowest BCUT2D eigenvalue weighted by atomic mass is 10.0. The van der Waals surface area contributed by atoms with Crippen molar-refractivity contribution in [2.75, 3.05) is 11.1 Å². The number of thioether (sulfide) groups is 1. The number of fused-ring (bicyclic) bond motifs is 1. The van der Waals surface area contributed by atoms with Crippen LogP contribution < -0.4 is 5.32 Å². The molecule has 2 aromatic carbocycles. The van der Waals surface area contributed by atoms with Crippen LogP contribution in [-0.2, 0) is 17.6 Å². The molecule has 5 aromatic rings. The topological polar surface area (TPSA) is 99.0 Å². The van der Waals surface area contributed by atoms with Gasteiger partial charge in [-0.1, -0.05) is 42.1 Å². The van der Waals surface area contributed by atoms with Crippen molar-refractivity contribution in [1.82, 2.24) is 20.0 Å². The molecule has 0 unspecified atom stereocenters. The van der Waals surface area contributed by atoms with Crippen LogP contribution in [-0.4, -0.2) is 31.6 Å². The van der Waals surface area contributed by atoms with Crippen LogP contribution in [0.2, 0.25) is 0 Å². The molecule has 0 bridgehead atoms. The molecule has 6 rings (SSSR count). The summed E-state index contributed by atoms with van der Waals surface area (Å²) in [6.45, 7) is 1.83. The summed E-state index contributed by atoms with van der Waals surface area (Å²) < 4.78 is 12.7. The average molecular weight is 498 g/mol. The number of furan rings is 1. The van der Waals surface area contributed by atoms with E-state index in [2.05, 4.69) is 33.7 Å². The summed E-state index contributed by atoms with van der Waals surface area (Å²) in [4.78, 5) is 12.9. The van der Waals surface area contributed by atoms with Gasteiger partial charge in [0.05, 0.1) is 29.0 Å². The van der Waals surface area contributed by atoms with Gasteiger partial charge in [-0.05, 0) is 61.6 Å². The molecule has 36 heavy (non-hydrogen) atoms. The van der Waals surface area contributed by atoms with Gasteiger partial charge in [0.15, 0.2) is 0 Å². The molecule has 1 amide bonds. The van der Waals surface area contributed by atoms with Gasteiger partial charge in [0.2, 0.25) is 5.91 Å². The van der Waals surface area contributed by atoms with Crippen molar-refractivity contribution in [1.29, 1.82) is 0 Å². The maximum atomic E-state index is 12.9. The highest BCUT2D eigenvalue weighted by Gasteiger charge is 2.18. The van der Waals surface area contributed by atoms with Gasteiger partial charge in [0.1, 0.15) is 11.6 Å². The molecule has 0 fully saturated rings. The Bertz CT molecular complexity index is 1540. The normalized spacial score (nSPS) is 12.6. The van der Waals surface area contributed by atoms with Gasteiger partial charge in [0, 0.05) is 11.6 Å². The first-order valence-electron chi connectivity index (χ1n) is 11.7. The Labute approximate surface area is 211 Å². The summed E-state index contributed by atoms with van der Waals surface area (Å²) in [5.41, 5.74) is 6.26. The van der Waals surface area contributed by atoms with E-state index in [0.29, 0.717) is 22.7 Å². The van der Waals surface area contributed by atoms with Crippen molar-refractivity contribution in [2.45, 2.75) is 31.4 Å². The third-order valence-corrected chi connectivity index (χ3v) is 7.01. The summed E-state index contributed by atoms with van der Waals surface area (Å²) in [6.07, 6.45) is 5.00. The van der Waals surface area contributed by atoms with E-state index in [1.165, 1.54) is 29.3 Å². The molecule has 3 heterocycles. The van der Waals surface area contributed by atoms with Crippen LogP contribution in [0.5, 0.6) is 0 Å². The number of aryl methyl sites for hydroxylation is 3. The van der Waals surface area contributed by atoms with Crippen molar-refractivity contribution < 1.29 is 13.6 Å². The van der Waals surface area contributed by atoms with E-state index in [9.17, 15) is 4.79 Å². The van der Waals surface area contributed by atoms with E-state index < -0.39 is 0 Å². The molecule has 0 saturated carbocycles. The minimum absolute atomic E-state index is 0.111. The van der Waals surface area contributed by atoms with E-state index in [1.54, 1.807) is 17.0 Å². The summed E-state index contributed by atoms with van der Waals surface area (Å²) in [6, 6.07) is 20.0. The molecule has 9 heteroatoms. The number of carbonyl (C=O) groups excluding carboxylic acids is 1. The minimum Gasteiger partial charge on any atom is -0.469 e. The number of hydrogen-bond acceptors (Lipinski definition) is 7. The van der Waals surface area contributed by atoms with Crippen molar-refractivity contribution in [3.05, 3.63) is 83.8 Å². The smallest absolute Gasteiger partial charge is 0.277 e. The third-order valence-electron chi connectivity index (χ3n) is 6.19. The van der Waals surface area contributed by atoms with E-state index in [-0.39, 0.29) is 11.7 Å². The Hall–Kier alpha value is -4.11. The number of hydrogen-bond donors (Lipinski definition) is 1. The van der Waals surface area contributed by atoms with Crippen LogP contribution in [0.15, 0.2) is 81.0 Å². The summed E-state index contributed by atoms with van der Waals surface area (Å²) in [7, 11) is 0. The molecule has 180 valence electrons. The number of amides is 1. The number of nitrogens with zero attached hydrogens (tertiary/aromatic N) is 4. The standard InChI is InChI=1S/C27H23N5O3S/c1-17-22(12-13-34-17)26-29-30-27(35-26)36-16-25(33)28-24-15-23(31-32(24)21-8-3-2-4-9-21)20-11-10-18-6-5-7-19(18)14-20/h2-4,8-15H,5-7,16H2,1H3,(H,28,33). The zero-order valence-corrected chi connectivity index (χ0v) is 20.4. The Morgan fingerprint density at radius 2 is 1.92 bits per heavy atom. The zero-order chi connectivity index (χ0) is 24.5. The number of rotatable bonds is 7. The van der Waals surface area contributed by atoms with Gasteiger partial charge in [0.25, 0.3) is 11.1 Å². The fraction of sp³-hybridized carbons (Fsp3) is 0.185. The number of anilines is 1. The number of nitrogens with one attached hydrogen (secondary N) is 1. The molecule has 1 aliphatic rings. The van der Waals surface area contributed by atoms with Crippen LogP contribution in [0.1, 0.15) is 23.3 Å². The number of benzene rings is 2. The van der Waals surface area contributed by atoms with Crippen LogP contribution in [0.4, 0.5) is 5.82 Å². The second kappa shape index (κ2) is 9.50. The van der Waals surface area contributed by atoms with Crippen LogP contribution in [0.25, 0.3) is 28.4 Å². The van der Waals surface area contributed by atoms with E-state index in [1.807, 2.05) is 43.3 Å². The van der Waals surface area contributed by atoms with Crippen LogP contribution in [0, 0.1) is 6.92 Å². The van der Waals surface area contributed by atoms with Crippen LogP contribution in [0.3, 0.4) is 0 Å². The summed E-state index contributed by atoms with van der Waals surface area (Å²) >= 11 is 1.18. The van der Waals surface area contributed by atoms with Crippen molar-refractivity contribution in [3.63, 3.8) is 0 Å². The van der Waals surface area contributed by atoms with Crippen molar-refractivity contribution in [2.24, 2.45) is 0 Å². The first-order valence-corrected chi connectivity index (χ1v) is 12.7. The fourth-order valence-corrected chi connectivity index (χ4v) is 4.96. The molecule has 1 N–H and O–H groups in total. The second-order valence-corrected chi connectivity index (χ2v) is 9.53. The maximum absolute atomic E-state index is 12.9. The minimum atomic E-state index is -0.197. The summed E-state index contributed by atoms with van der Waals surface area (Å²) in [5.74, 6) is 1.58. The number of aromatic nitrogens is 4. The highest BCUT2D eigenvalue weighted by atomic mass is 32.2. The molecular formula is C27H23N5O3S. The van der Waals surface area contributed by atoms with E-state index in [0.717, 1.165) is 35.3 Å². The molecule has 0 aliphatic heterocycles. The maximum Gasteiger partial charge on any atom is 0.277 e. The molecule has 3 aromatic heterocycles. The predicted molar refractivity (Wildman–Crippen MR) is 137 cm³/mol.